The molecule has 4 heteroatoms. The number of carbonyl (C=O) groups is 1. The van der Waals surface area contributed by atoms with Gasteiger partial charge in [-0.05, 0) is 165 Å². The molecule has 0 amide bonds. The van der Waals surface area contributed by atoms with Gasteiger partial charge in [0.2, 0.25) is 0 Å². The van der Waals surface area contributed by atoms with E-state index in [9.17, 15) is 9.90 Å². The number of fused-ring (bicyclic) bond motifs is 7. The minimum Gasteiger partial charge on any atom is -0.508 e. The van der Waals surface area contributed by atoms with Gasteiger partial charge in [-0.2, -0.15) is 0 Å². The molecule has 4 fully saturated rings. The van der Waals surface area contributed by atoms with Crippen LogP contribution in [0.1, 0.15) is 179 Å². The maximum atomic E-state index is 13.0. The van der Waals surface area contributed by atoms with Crippen LogP contribution >= 0.6 is 0 Å². The van der Waals surface area contributed by atoms with Crippen molar-refractivity contribution in [3.05, 3.63) is 58.9 Å². The molecule has 0 aromatic heterocycles. The number of rotatable bonds is 9. The maximum absolute atomic E-state index is 13.0. The monoisotopic (exact) mass is 774 g/mol. The van der Waals surface area contributed by atoms with Gasteiger partial charge in [-0.1, -0.05) is 127 Å². The number of aryl methyl sites for hydroxylation is 1. The van der Waals surface area contributed by atoms with E-state index in [2.05, 4.69) is 105 Å². The minimum absolute atomic E-state index is 0.0283. The molecule has 1 aromatic rings. The third kappa shape index (κ3) is 8.27. The van der Waals surface area contributed by atoms with E-state index in [1.54, 1.807) is 5.57 Å². The zero-order valence-electron chi connectivity index (χ0n) is 39.0. The Morgan fingerprint density at radius 3 is 2.21 bits per heavy atom. The highest BCUT2D eigenvalue weighted by atomic mass is 16.5. The summed E-state index contributed by atoms with van der Waals surface area (Å²) in [6, 6.07) is 5.94. The van der Waals surface area contributed by atoms with Gasteiger partial charge in [0.15, 0.2) is 0 Å². The smallest absolute Gasteiger partial charge is 0.126 e. The quantitative estimate of drug-likeness (QED) is 0.113. The van der Waals surface area contributed by atoms with Gasteiger partial charge in [-0.3, -0.25) is 0 Å². The average molecular weight is 774 g/mol. The van der Waals surface area contributed by atoms with Crippen LogP contribution in [-0.2, 0) is 16.0 Å². The number of hydrogen-bond donors (Lipinski definition) is 2. The Balaban J connectivity index is 0.00000134. The van der Waals surface area contributed by atoms with Gasteiger partial charge in [0.05, 0.1) is 0 Å². The number of phenolic OH excluding ortho intramolecular Hbond substituents is 1. The van der Waals surface area contributed by atoms with Crippen LogP contribution in [0, 0.1) is 62.6 Å². The summed E-state index contributed by atoms with van der Waals surface area (Å²) in [6.45, 7) is 32.6. The predicted molar refractivity (Wildman–Crippen MR) is 241 cm³/mol. The lowest BCUT2D eigenvalue weighted by Gasteiger charge is -2.72. The van der Waals surface area contributed by atoms with Crippen LogP contribution in [0.2, 0.25) is 0 Å². The zero-order valence-corrected chi connectivity index (χ0v) is 39.0. The first-order valence-electron chi connectivity index (χ1n) is 23.2. The van der Waals surface area contributed by atoms with E-state index in [1.807, 2.05) is 39.8 Å². The van der Waals surface area contributed by atoms with Gasteiger partial charge in [-0.25, -0.2) is 0 Å². The predicted octanol–water partition coefficient (Wildman–Crippen LogP) is 14.2. The van der Waals surface area contributed by atoms with E-state index >= 15 is 0 Å². The van der Waals surface area contributed by atoms with E-state index in [4.69, 9.17) is 4.74 Å². The van der Waals surface area contributed by atoms with Crippen molar-refractivity contribution in [3.8, 4) is 5.75 Å². The van der Waals surface area contributed by atoms with Crippen molar-refractivity contribution in [1.29, 1.82) is 0 Å². The zero-order chi connectivity index (χ0) is 42.3. The Bertz CT molecular complexity index is 1520. The van der Waals surface area contributed by atoms with Crippen molar-refractivity contribution in [3.63, 3.8) is 0 Å². The molecule has 0 saturated heterocycles. The van der Waals surface area contributed by atoms with E-state index in [-0.39, 0.29) is 33.2 Å². The van der Waals surface area contributed by atoms with Crippen molar-refractivity contribution >= 4 is 12.4 Å². The molecule has 1 aromatic carbocycles. The highest BCUT2D eigenvalue weighted by molar-refractivity contribution is 5.63. The lowest BCUT2D eigenvalue weighted by Crippen LogP contribution is -2.66. The summed E-state index contributed by atoms with van der Waals surface area (Å²) in [5, 5.41) is 10.3. The second-order valence-corrected chi connectivity index (χ2v) is 19.3. The molecule has 0 aliphatic heterocycles. The number of aromatic hydroxyl groups is 1. The molecule has 3 N–H and O–H groups in total. The first-order valence-corrected chi connectivity index (χ1v) is 23.2. The molecule has 0 radical (unpaired) electrons. The van der Waals surface area contributed by atoms with Crippen LogP contribution in [0.5, 0.6) is 5.75 Å². The highest BCUT2D eigenvalue weighted by Crippen LogP contribution is 2.76. The van der Waals surface area contributed by atoms with Crippen LogP contribution in [0.15, 0.2) is 47.8 Å². The molecule has 11 atom stereocenters. The number of allylic oxidation sites excluding steroid dienone is 4. The van der Waals surface area contributed by atoms with Gasteiger partial charge in [0, 0.05) is 10.8 Å². The van der Waals surface area contributed by atoms with Crippen LogP contribution in [-0.4, -0.2) is 24.5 Å². The lowest BCUT2D eigenvalue weighted by atomic mass is 9.33. The molecule has 0 bridgehead atoms. The van der Waals surface area contributed by atoms with Crippen LogP contribution < -0.4 is 5.73 Å². The summed E-state index contributed by atoms with van der Waals surface area (Å²) in [6.07, 6.45) is 24.4. The molecule has 4 nitrogen and oxygen atoms in total. The first kappa shape index (κ1) is 48.0. The highest BCUT2D eigenvalue weighted by Gasteiger charge is 2.69. The Hall–Kier alpha value is -2.33. The summed E-state index contributed by atoms with van der Waals surface area (Å²) in [5.41, 5.74) is 8.79. The number of phenols is 1. The number of nitrogens with two attached hydrogens (primary N) is 1. The Kier molecular flexibility index (Phi) is 16.8. The van der Waals surface area contributed by atoms with Gasteiger partial charge in [0.1, 0.15) is 23.9 Å². The van der Waals surface area contributed by atoms with Crippen LogP contribution in [0.3, 0.4) is 0 Å². The molecular formula is C52H87NO3. The summed E-state index contributed by atoms with van der Waals surface area (Å²) in [4.78, 5) is 13.0. The fourth-order valence-electron chi connectivity index (χ4n) is 13.7. The largest absolute Gasteiger partial charge is 0.508 e. The summed E-state index contributed by atoms with van der Waals surface area (Å²) in [5.74, 6) is 4.71. The number of ether oxygens (including phenoxy) is 1. The second kappa shape index (κ2) is 19.6. The van der Waals surface area contributed by atoms with Gasteiger partial charge in [0.25, 0.3) is 0 Å². The van der Waals surface area contributed by atoms with Crippen LogP contribution in [0.25, 0.3) is 6.08 Å². The van der Waals surface area contributed by atoms with Gasteiger partial charge >= 0.3 is 0 Å². The molecular weight excluding hydrogens is 687 g/mol. The number of carbonyl (C=O) groups excluding carboxylic acids is 1. The van der Waals surface area contributed by atoms with E-state index < -0.39 is 0 Å². The molecule has 11 unspecified atom stereocenters. The van der Waals surface area contributed by atoms with E-state index in [1.165, 1.54) is 51.9 Å². The molecule has 0 heterocycles. The fraction of sp³-hybridized carbons (Fsp3) is 0.750. The van der Waals surface area contributed by atoms with E-state index in [0.29, 0.717) is 41.3 Å². The molecule has 6 rings (SSSR count). The molecule has 5 aliphatic carbocycles. The Morgan fingerprint density at radius 1 is 0.929 bits per heavy atom. The van der Waals surface area contributed by atoms with Crippen molar-refractivity contribution < 1.29 is 14.6 Å². The summed E-state index contributed by atoms with van der Waals surface area (Å²) >= 11 is 0. The third-order valence-corrected chi connectivity index (χ3v) is 16.6. The Labute approximate surface area is 346 Å². The van der Waals surface area contributed by atoms with Crippen molar-refractivity contribution in [2.24, 2.45) is 68.3 Å². The van der Waals surface area contributed by atoms with Crippen molar-refractivity contribution in [2.75, 3.05) is 7.05 Å². The first-order chi connectivity index (χ1) is 26.7. The molecule has 0 spiro atoms. The Morgan fingerprint density at radius 2 is 1.61 bits per heavy atom. The molecule has 56 heavy (non-hydrogen) atoms. The van der Waals surface area contributed by atoms with Gasteiger partial charge in [-0.15, -0.1) is 0 Å². The summed E-state index contributed by atoms with van der Waals surface area (Å²) < 4.78 is 7.19. The standard InChI is InChI=1S/C47H70O3.2C2H6.CH5N/c1-11-14-34-28-33(17-20-38(34)49)16-18-36(13-3)50-42-35(15-12-2)29-44(8)39(43(42,6)7)23-24-46(10)40(44)21-19-37-41-32(5)31(4)22-25-47(41,30-48)27-26-45(37,46)9;3*1-2/h13,16-20,28,30-32,35,39-42,49H,11-12,14-15,21-27,29H2,1-10H3;2*1-2H3;2H2,1H3/b18-16+,36-13-;;;. The third-order valence-electron chi connectivity index (χ3n) is 16.6. The number of hydrogen-bond acceptors (Lipinski definition) is 4. The molecule has 318 valence electrons. The maximum Gasteiger partial charge on any atom is 0.126 e. The minimum atomic E-state index is -0.149. The molecule has 4 saturated carbocycles. The topological polar surface area (TPSA) is 72.5 Å². The normalized spacial score (nSPS) is 38.2. The van der Waals surface area contributed by atoms with Crippen LogP contribution in [0.4, 0.5) is 0 Å². The molecule has 5 aliphatic rings. The summed E-state index contributed by atoms with van der Waals surface area (Å²) in [7, 11) is 1.50. The van der Waals surface area contributed by atoms with Gasteiger partial charge < -0.3 is 20.4 Å². The second-order valence-electron chi connectivity index (χ2n) is 19.3. The SMILES string of the molecule is C/C=C(/C=C/c1ccc(O)c(CCC)c1)OC1C(CCC)CC2(C)C(CCC3(C)C2CC=C2C4C(C)C(C)CCC4(C=O)CCC23C)C1(C)C.CC.CC.CN. The number of benzene rings is 1. The average Bonchev–Trinajstić information content (AvgIpc) is 3.19. The van der Waals surface area contributed by atoms with Crippen molar-refractivity contribution in [2.45, 2.75) is 180 Å². The lowest BCUT2D eigenvalue weighted by molar-refractivity contribution is -0.222. The number of aldehydes is 1. The fourth-order valence-corrected chi connectivity index (χ4v) is 13.7. The van der Waals surface area contributed by atoms with Crippen molar-refractivity contribution in [1.82, 2.24) is 0 Å². The van der Waals surface area contributed by atoms with E-state index in [0.717, 1.165) is 55.4 Å².